The summed E-state index contributed by atoms with van der Waals surface area (Å²) in [5.74, 6) is -1.71. The first-order valence-electron chi connectivity index (χ1n) is 6.76. The molecule has 0 aliphatic rings. The van der Waals surface area contributed by atoms with Crippen molar-refractivity contribution in [2.24, 2.45) is 0 Å². The van der Waals surface area contributed by atoms with Gasteiger partial charge in [0.15, 0.2) is 0 Å². The molecule has 0 saturated carbocycles. The minimum atomic E-state index is -0.706. The smallest absolute Gasteiger partial charge is 0.345 e. The summed E-state index contributed by atoms with van der Waals surface area (Å²) in [6, 6.07) is 0. The van der Waals surface area contributed by atoms with E-state index in [1.807, 2.05) is 0 Å². The standard InChI is InChI=1S/C14H22O6/c1-4-18-12(15)10-8-7-9-11(13(16)19-5-2)14(17)20-6-3/h9H,4-8,10H2,1-3H3. The van der Waals surface area contributed by atoms with E-state index in [4.69, 9.17) is 14.2 Å². The fraction of sp³-hybridized carbons (Fsp3) is 0.643. The average Bonchev–Trinajstić information content (AvgIpc) is 2.39. The molecule has 6 heteroatoms. The predicted molar refractivity (Wildman–Crippen MR) is 71.8 cm³/mol. The summed E-state index contributed by atoms with van der Waals surface area (Å²) in [5, 5.41) is 0. The normalized spacial score (nSPS) is 9.55. The second-order valence-corrected chi connectivity index (χ2v) is 3.76. The van der Waals surface area contributed by atoms with E-state index in [0.717, 1.165) is 0 Å². The van der Waals surface area contributed by atoms with Gasteiger partial charge in [0, 0.05) is 6.42 Å². The van der Waals surface area contributed by atoms with Gasteiger partial charge in [-0.05, 0) is 33.6 Å². The van der Waals surface area contributed by atoms with Crippen LogP contribution in [0, 0.1) is 0 Å². The lowest BCUT2D eigenvalue weighted by Crippen LogP contribution is -2.18. The van der Waals surface area contributed by atoms with Gasteiger partial charge in [0.2, 0.25) is 0 Å². The van der Waals surface area contributed by atoms with Gasteiger partial charge < -0.3 is 14.2 Å². The molecule has 0 radical (unpaired) electrons. The second kappa shape index (κ2) is 11.0. The van der Waals surface area contributed by atoms with Gasteiger partial charge in [-0.3, -0.25) is 4.79 Å². The highest BCUT2D eigenvalue weighted by Gasteiger charge is 2.20. The van der Waals surface area contributed by atoms with E-state index < -0.39 is 11.9 Å². The van der Waals surface area contributed by atoms with Crippen molar-refractivity contribution in [3.8, 4) is 0 Å². The number of carbonyl (C=O) groups is 3. The van der Waals surface area contributed by atoms with Gasteiger partial charge in [-0.25, -0.2) is 9.59 Å². The van der Waals surface area contributed by atoms with E-state index in [2.05, 4.69) is 0 Å². The van der Waals surface area contributed by atoms with Crippen LogP contribution in [-0.4, -0.2) is 37.7 Å². The predicted octanol–water partition coefficient (Wildman–Crippen LogP) is 1.77. The molecule has 0 heterocycles. The van der Waals surface area contributed by atoms with Crippen molar-refractivity contribution in [1.29, 1.82) is 0 Å². The first kappa shape index (κ1) is 18.1. The van der Waals surface area contributed by atoms with E-state index in [9.17, 15) is 14.4 Å². The minimum Gasteiger partial charge on any atom is -0.466 e. The van der Waals surface area contributed by atoms with Crippen LogP contribution in [0.25, 0.3) is 0 Å². The Morgan fingerprint density at radius 2 is 1.35 bits per heavy atom. The summed E-state index contributed by atoms with van der Waals surface area (Å²) in [6.07, 6.45) is 2.56. The molecule has 0 amide bonds. The Labute approximate surface area is 119 Å². The molecule has 0 unspecified atom stereocenters. The van der Waals surface area contributed by atoms with Crippen molar-refractivity contribution in [1.82, 2.24) is 0 Å². The zero-order chi connectivity index (χ0) is 15.4. The van der Waals surface area contributed by atoms with E-state index >= 15 is 0 Å². The van der Waals surface area contributed by atoms with Gasteiger partial charge in [0.05, 0.1) is 19.8 Å². The topological polar surface area (TPSA) is 78.9 Å². The molecule has 0 atom stereocenters. The number of hydrogen-bond acceptors (Lipinski definition) is 6. The molecule has 114 valence electrons. The molecule has 0 spiro atoms. The second-order valence-electron chi connectivity index (χ2n) is 3.76. The maximum Gasteiger partial charge on any atom is 0.345 e. The number of unbranched alkanes of at least 4 members (excludes halogenated alkanes) is 1. The van der Waals surface area contributed by atoms with Crippen LogP contribution in [-0.2, 0) is 28.6 Å². The molecule has 0 fully saturated rings. The van der Waals surface area contributed by atoms with Crippen LogP contribution in [0.1, 0.15) is 40.0 Å². The van der Waals surface area contributed by atoms with Crippen molar-refractivity contribution >= 4 is 17.9 Å². The average molecular weight is 286 g/mol. The van der Waals surface area contributed by atoms with Gasteiger partial charge in [-0.2, -0.15) is 0 Å². The molecular formula is C14H22O6. The number of rotatable bonds is 9. The Morgan fingerprint density at radius 3 is 1.80 bits per heavy atom. The number of esters is 3. The fourth-order valence-electron chi connectivity index (χ4n) is 1.39. The summed E-state index contributed by atoms with van der Waals surface area (Å²) in [4.78, 5) is 34.3. The fourth-order valence-corrected chi connectivity index (χ4v) is 1.39. The van der Waals surface area contributed by atoms with E-state index in [-0.39, 0.29) is 31.2 Å². The molecule has 0 aromatic rings. The van der Waals surface area contributed by atoms with Crippen molar-refractivity contribution in [2.45, 2.75) is 40.0 Å². The van der Waals surface area contributed by atoms with Gasteiger partial charge >= 0.3 is 17.9 Å². The van der Waals surface area contributed by atoms with Gasteiger partial charge in [-0.1, -0.05) is 6.08 Å². The lowest BCUT2D eigenvalue weighted by molar-refractivity contribution is -0.146. The van der Waals surface area contributed by atoms with Crippen LogP contribution in [0.4, 0.5) is 0 Å². The first-order chi connectivity index (χ1) is 9.56. The van der Waals surface area contributed by atoms with E-state index in [0.29, 0.717) is 19.4 Å². The van der Waals surface area contributed by atoms with Crippen LogP contribution in [0.2, 0.25) is 0 Å². The van der Waals surface area contributed by atoms with Gasteiger partial charge in [0.1, 0.15) is 5.57 Å². The van der Waals surface area contributed by atoms with Gasteiger partial charge in [-0.15, -0.1) is 0 Å². The summed E-state index contributed by atoms with van der Waals surface area (Å²) in [6.45, 7) is 5.74. The molecule has 6 nitrogen and oxygen atoms in total. The molecule has 0 N–H and O–H groups in total. The number of hydrogen-bond donors (Lipinski definition) is 0. The summed E-state index contributed by atoms with van der Waals surface area (Å²) < 4.78 is 14.4. The Hall–Kier alpha value is -1.85. The molecule has 0 bridgehead atoms. The van der Waals surface area contributed by atoms with E-state index in [1.54, 1.807) is 20.8 Å². The summed E-state index contributed by atoms with van der Waals surface area (Å²) in [5.41, 5.74) is -0.127. The third kappa shape index (κ3) is 7.56. The Morgan fingerprint density at radius 1 is 0.850 bits per heavy atom. The quantitative estimate of drug-likeness (QED) is 0.160. The van der Waals surface area contributed by atoms with Crippen LogP contribution >= 0.6 is 0 Å². The van der Waals surface area contributed by atoms with Crippen LogP contribution in [0.15, 0.2) is 11.6 Å². The SMILES string of the molecule is CCOC(=O)CCCC=C(C(=O)OCC)C(=O)OCC. The zero-order valence-corrected chi connectivity index (χ0v) is 12.3. The number of ether oxygens (including phenoxy) is 3. The molecule has 0 rings (SSSR count). The Kier molecular flexibility index (Phi) is 10.00. The highest BCUT2D eigenvalue weighted by Crippen LogP contribution is 2.07. The first-order valence-corrected chi connectivity index (χ1v) is 6.76. The van der Waals surface area contributed by atoms with Crippen molar-refractivity contribution in [3.63, 3.8) is 0 Å². The molecule has 0 aliphatic carbocycles. The molecule has 20 heavy (non-hydrogen) atoms. The largest absolute Gasteiger partial charge is 0.466 e. The summed E-state index contributed by atoms with van der Waals surface area (Å²) >= 11 is 0. The third-order valence-electron chi connectivity index (χ3n) is 2.23. The maximum absolute atomic E-state index is 11.6. The molecule has 0 aliphatic heterocycles. The molecule has 0 saturated heterocycles. The van der Waals surface area contributed by atoms with Crippen LogP contribution in [0.5, 0.6) is 0 Å². The lowest BCUT2D eigenvalue weighted by atomic mass is 10.1. The molecular weight excluding hydrogens is 264 g/mol. The lowest BCUT2D eigenvalue weighted by Gasteiger charge is -2.06. The highest BCUT2D eigenvalue weighted by molar-refractivity contribution is 6.14. The van der Waals surface area contributed by atoms with E-state index in [1.165, 1.54) is 6.08 Å². The highest BCUT2D eigenvalue weighted by atomic mass is 16.6. The Balaban J connectivity index is 4.46. The van der Waals surface area contributed by atoms with Gasteiger partial charge in [0.25, 0.3) is 0 Å². The summed E-state index contributed by atoms with van der Waals surface area (Å²) in [7, 11) is 0. The monoisotopic (exact) mass is 286 g/mol. The molecule has 0 aromatic carbocycles. The number of carbonyl (C=O) groups excluding carboxylic acids is 3. The zero-order valence-electron chi connectivity index (χ0n) is 12.3. The van der Waals surface area contributed by atoms with Crippen LogP contribution < -0.4 is 0 Å². The maximum atomic E-state index is 11.6. The van der Waals surface area contributed by atoms with Crippen molar-refractivity contribution in [2.75, 3.05) is 19.8 Å². The Bertz CT molecular complexity index is 339. The third-order valence-corrected chi connectivity index (χ3v) is 2.23. The van der Waals surface area contributed by atoms with Crippen LogP contribution in [0.3, 0.4) is 0 Å². The minimum absolute atomic E-state index is 0.127. The van der Waals surface area contributed by atoms with Crippen molar-refractivity contribution < 1.29 is 28.6 Å². The number of allylic oxidation sites excluding steroid dienone is 1. The van der Waals surface area contributed by atoms with Crippen molar-refractivity contribution in [3.05, 3.63) is 11.6 Å². The molecule has 0 aromatic heterocycles.